The van der Waals surface area contributed by atoms with E-state index in [1.54, 1.807) is 50.1 Å². The number of carbonyl (C=O) groups excluding carboxylic acids is 2. The maximum absolute atomic E-state index is 13.6. The van der Waals surface area contributed by atoms with E-state index >= 15 is 0 Å². The minimum Gasteiger partial charge on any atom is -0.395 e. The molecule has 1 saturated carbocycles. The number of nitrogens with zero attached hydrogens (tertiary/aromatic N) is 4. The standard InChI is InChI=1S/C26H34N6O5S/c1-25(2,16-28-11-13-33)38(36,37)26(9-10-26)17-32-12-8-20-21(30-31(3)22(20)24(32)35)23(34)29-15-19-6-4-18(14-27)5-7-19/h4-7,28,33H,8-13,15-17H2,1-3H3,(H,29,34). The van der Waals surface area contributed by atoms with Crippen LogP contribution in [-0.4, -0.2) is 82.3 Å². The van der Waals surface area contributed by atoms with E-state index < -0.39 is 25.2 Å². The van der Waals surface area contributed by atoms with Gasteiger partial charge in [0, 0.05) is 45.3 Å². The molecule has 11 nitrogen and oxygen atoms in total. The van der Waals surface area contributed by atoms with Crippen LogP contribution in [0.25, 0.3) is 0 Å². The molecule has 1 fully saturated rings. The second-order valence-electron chi connectivity index (χ2n) is 10.6. The van der Waals surface area contributed by atoms with Crippen LogP contribution in [0.2, 0.25) is 0 Å². The van der Waals surface area contributed by atoms with Crippen LogP contribution >= 0.6 is 0 Å². The van der Waals surface area contributed by atoms with E-state index in [0.29, 0.717) is 49.2 Å². The van der Waals surface area contributed by atoms with Crippen LogP contribution in [0.5, 0.6) is 0 Å². The molecule has 2 aromatic rings. The van der Waals surface area contributed by atoms with Gasteiger partial charge in [0.15, 0.2) is 15.5 Å². The Morgan fingerprint density at radius 2 is 1.95 bits per heavy atom. The van der Waals surface area contributed by atoms with Crippen molar-refractivity contribution < 1.29 is 23.1 Å². The van der Waals surface area contributed by atoms with E-state index in [0.717, 1.165) is 5.56 Å². The third kappa shape index (κ3) is 5.06. The minimum atomic E-state index is -3.61. The summed E-state index contributed by atoms with van der Waals surface area (Å²) in [5.74, 6) is -0.726. The number of aromatic nitrogens is 2. The molecule has 4 rings (SSSR count). The zero-order valence-corrected chi connectivity index (χ0v) is 22.8. The average Bonchev–Trinajstić information content (AvgIpc) is 3.60. The summed E-state index contributed by atoms with van der Waals surface area (Å²) < 4.78 is 26.6. The number of benzene rings is 1. The number of rotatable bonds is 11. The molecule has 0 atom stereocenters. The van der Waals surface area contributed by atoms with Crippen molar-refractivity contribution in [2.75, 3.05) is 32.8 Å². The lowest BCUT2D eigenvalue weighted by atomic mass is 10.0. The number of hydrogen-bond donors (Lipinski definition) is 3. The number of amides is 2. The summed E-state index contributed by atoms with van der Waals surface area (Å²) in [4.78, 5) is 28.0. The highest BCUT2D eigenvalue weighted by Crippen LogP contribution is 2.49. The number of aliphatic hydroxyl groups excluding tert-OH is 1. The Hall–Kier alpha value is -3.27. The van der Waals surface area contributed by atoms with E-state index in [4.69, 9.17) is 10.4 Å². The van der Waals surface area contributed by atoms with Crippen molar-refractivity contribution in [1.29, 1.82) is 5.26 Å². The van der Waals surface area contributed by atoms with Gasteiger partial charge in [0.2, 0.25) is 0 Å². The van der Waals surface area contributed by atoms with Crippen LogP contribution in [0.15, 0.2) is 24.3 Å². The Balaban J connectivity index is 1.47. The summed E-state index contributed by atoms with van der Waals surface area (Å²) in [6.45, 7) is 4.43. The van der Waals surface area contributed by atoms with E-state index in [-0.39, 0.29) is 37.8 Å². The number of sulfone groups is 1. The zero-order chi connectivity index (χ0) is 27.7. The summed E-state index contributed by atoms with van der Waals surface area (Å²) in [6, 6.07) is 8.94. The first-order valence-electron chi connectivity index (χ1n) is 12.6. The Morgan fingerprint density at radius 1 is 1.26 bits per heavy atom. The van der Waals surface area contributed by atoms with Gasteiger partial charge in [-0.05, 0) is 50.8 Å². The highest BCUT2D eigenvalue weighted by atomic mass is 32.2. The van der Waals surface area contributed by atoms with Crippen LogP contribution in [0.1, 0.15) is 64.4 Å². The molecule has 0 unspecified atom stereocenters. The zero-order valence-electron chi connectivity index (χ0n) is 22.0. The molecule has 3 N–H and O–H groups in total. The van der Waals surface area contributed by atoms with Crippen LogP contribution < -0.4 is 10.6 Å². The van der Waals surface area contributed by atoms with Gasteiger partial charge in [0.25, 0.3) is 11.8 Å². The molecule has 12 heteroatoms. The molecular formula is C26H34N6O5S. The monoisotopic (exact) mass is 542 g/mol. The van der Waals surface area contributed by atoms with Gasteiger partial charge >= 0.3 is 0 Å². The maximum atomic E-state index is 13.6. The molecule has 204 valence electrons. The molecule has 2 amide bonds. The van der Waals surface area contributed by atoms with Gasteiger partial charge in [-0.1, -0.05) is 12.1 Å². The second-order valence-corrected chi connectivity index (χ2v) is 13.6. The van der Waals surface area contributed by atoms with Gasteiger partial charge < -0.3 is 20.6 Å². The van der Waals surface area contributed by atoms with Crippen LogP contribution in [0.3, 0.4) is 0 Å². The van der Waals surface area contributed by atoms with Crippen molar-refractivity contribution in [2.45, 2.75) is 49.1 Å². The average molecular weight is 543 g/mol. The SMILES string of the molecule is Cn1nc(C(=O)NCc2ccc(C#N)cc2)c2c1C(=O)N(CC1(S(=O)(=O)C(C)(C)CNCCO)CC1)CC2. The van der Waals surface area contributed by atoms with E-state index in [1.165, 1.54) is 4.68 Å². The lowest BCUT2D eigenvalue weighted by Gasteiger charge is -2.35. The first kappa shape index (κ1) is 27.8. The predicted molar refractivity (Wildman–Crippen MR) is 140 cm³/mol. The number of carbonyl (C=O) groups is 2. The normalized spacial score (nSPS) is 16.6. The first-order chi connectivity index (χ1) is 18.0. The van der Waals surface area contributed by atoms with Gasteiger partial charge in [-0.15, -0.1) is 0 Å². The van der Waals surface area contributed by atoms with Crippen molar-refractivity contribution in [3.63, 3.8) is 0 Å². The van der Waals surface area contributed by atoms with Crippen LogP contribution in [0, 0.1) is 11.3 Å². The summed E-state index contributed by atoms with van der Waals surface area (Å²) in [5.41, 5.74) is 2.41. The Bertz CT molecular complexity index is 1370. The molecular weight excluding hydrogens is 508 g/mol. The number of aliphatic hydroxyl groups is 1. The van der Waals surface area contributed by atoms with Crippen molar-refractivity contribution in [1.82, 2.24) is 25.3 Å². The molecule has 0 radical (unpaired) electrons. The highest BCUT2D eigenvalue weighted by Gasteiger charge is 2.60. The topological polar surface area (TPSA) is 157 Å². The van der Waals surface area contributed by atoms with Gasteiger partial charge in [-0.3, -0.25) is 14.3 Å². The summed E-state index contributed by atoms with van der Waals surface area (Å²) in [7, 11) is -2.00. The van der Waals surface area contributed by atoms with Crippen molar-refractivity contribution in [3.8, 4) is 6.07 Å². The molecule has 38 heavy (non-hydrogen) atoms. The van der Waals surface area contributed by atoms with Crippen molar-refractivity contribution in [3.05, 3.63) is 52.3 Å². The number of aryl methyl sites for hydroxylation is 1. The largest absolute Gasteiger partial charge is 0.395 e. The molecule has 2 aliphatic rings. The number of nitriles is 1. The van der Waals surface area contributed by atoms with E-state index in [1.807, 2.05) is 0 Å². The van der Waals surface area contributed by atoms with Gasteiger partial charge in [-0.2, -0.15) is 10.4 Å². The molecule has 1 aliphatic heterocycles. The molecule has 0 spiro atoms. The fraction of sp³-hybridized carbons (Fsp3) is 0.538. The summed E-state index contributed by atoms with van der Waals surface area (Å²) >= 11 is 0. The maximum Gasteiger partial charge on any atom is 0.272 e. The Labute approximate surface area is 222 Å². The first-order valence-corrected chi connectivity index (χ1v) is 14.1. The van der Waals surface area contributed by atoms with Gasteiger partial charge in [0.1, 0.15) is 5.69 Å². The number of hydrogen-bond acceptors (Lipinski definition) is 8. The third-order valence-electron chi connectivity index (χ3n) is 7.44. The van der Waals surface area contributed by atoms with E-state index in [2.05, 4.69) is 21.8 Å². The number of nitrogens with one attached hydrogen (secondary N) is 2. The minimum absolute atomic E-state index is 0.0773. The molecule has 2 heterocycles. The summed E-state index contributed by atoms with van der Waals surface area (Å²) in [5, 5.41) is 28.1. The quantitative estimate of drug-likeness (QED) is 0.347. The smallest absolute Gasteiger partial charge is 0.272 e. The Morgan fingerprint density at radius 3 is 2.55 bits per heavy atom. The van der Waals surface area contributed by atoms with E-state index in [9.17, 15) is 18.0 Å². The lowest BCUT2D eigenvalue weighted by molar-refractivity contribution is 0.0724. The predicted octanol–water partition coefficient (Wildman–Crippen LogP) is 0.528. The van der Waals surface area contributed by atoms with Crippen molar-refractivity contribution in [2.24, 2.45) is 7.05 Å². The molecule has 0 saturated heterocycles. The van der Waals surface area contributed by atoms with Gasteiger partial charge in [-0.25, -0.2) is 8.42 Å². The lowest BCUT2D eigenvalue weighted by Crippen LogP contribution is -2.53. The third-order valence-corrected chi connectivity index (χ3v) is 10.7. The van der Waals surface area contributed by atoms with Crippen molar-refractivity contribution >= 4 is 21.7 Å². The highest BCUT2D eigenvalue weighted by molar-refractivity contribution is 7.94. The number of fused-ring (bicyclic) bond motifs is 1. The van der Waals surface area contributed by atoms with Crippen LogP contribution in [-0.2, 0) is 29.9 Å². The van der Waals surface area contributed by atoms with Gasteiger partial charge in [0.05, 0.1) is 27.7 Å². The fourth-order valence-electron chi connectivity index (χ4n) is 5.02. The molecule has 0 bridgehead atoms. The van der Waals surface area contributed by atoms with Crippen LogP contribution in [0.4, 0.5) is 0 Å². The second kappa shape index (κ2) is 10.5. The Kier molecular flexibility index (Phi) is 7.65. The fourth-order valence-corrected chi connectivity index (χ4v) is 7.44. The molecule has 1 aromatic heterocycles. The molecule has 1 aliphatic carbocycles. The molecule has 1 aromatic carbocycles. The summed E-state index contributed by atoms with van der Waals surface area (Å²) in [6.07, 6.45) is 1.37.